The first kappa shape index (κ1) is 9.86. The summed E-state index contributed by atoms with van der Waals surface area (Å²) < 4.78 is 0. The second-order valence-corrected chi connectivity index (χ2v) is 3.48. The van der Waals surface area contributed by atoms with E-state index < -0.39 is 0 Å². The van der Waals surface area contributed by atoms with Crippen molar-refractivity contribution < 1.29 is 0 Å². The molecule has 0 bridgehead atoms. The monoisotopic (exact) mass is 171 g/mol. The fourth-order valence-electron chi connectivity index (χ4n) is 1.58. The molecule has 0 saturated heterocycles. The molecule has 0 heteroatoms. The van der Waals surface area contributed by atoms with Gasteiger partial charge in [0.1, 0.15) is 0 Å². The average Bonchev–Trinajstić information content (AvgIpc) is 2.12. The van der Waals surface area contributed by atoms with Crippen LogP contribution in [-0.4, -0.2) is 0 Å². The van der Waals surface area contributed by atoms with Crippen LogP contribution in [0.15, 0.2) is 12.1 Å². The molecule has 13 heavy (non-hydrogen) atoms. The highest BCUT2D eigenvalue weighted by Crippen LogP contribution is 2.18. The summed E-state index contributed by atoms with van der Waals surface area (Å²) in [6, 6.07) is 4.31. The molecule has 0 spiro atoms. The highest BCUT2D eigenvalue weighted by molar-refractivity contribution is 5.39. The van der Waals surface area contributed by atoms with Crippen molar-refractivity contribution in [3.8, 4) is 5.92 Å². The Balaban J connectivity index is 3.04. The smallest absolute Gasteiger partial charge is 0.0140 e. The fourth-order valence-corrected chi connectivity index (χ4v) is 1.58. The third-order valence-corrected chi connectivity index (χ3v) is 2.60. The average molecular weight is 171 g/mol. The Kier molecular flexibility index (Phi) is 3.14. The van der Waals surface area contributed by atoms with Crippen LogP contribution in [0.25, 0.3) is 0 Å². The summed E-state index contributed by atoms with van der Waals surface area (Å²) in [7, 11) is 0. The first-order valence-corrected chi connectivity index (χ1v) is 4.62. The molecular weight excluding hydrogens is 156 g/mol. The Morgan fingerprint density at radius 1 is 1.15 bits per heavy atom. The molecule has 0 fully saturated rings. The van der Waals surface area contributed by atoms with E-state index in [1.165, 1.54) is 22.3 Å². The van der Waals surface area contributed by atoms with Gasteiger partial charge in [0.05, 0.1) is 0 Å². The molecule has 0 aliphatic carbocycles. The molecule has 0 unspecified atom stereocenters. The largest absolute Gasteiger partial charge is 0.0888 e. The van der Waals surface area contributed by atoms with Gasteiger partial charge in [0.15, 0.2) is 0 Å². The summed E-state index contributed by atoms with van der Waals surface area (Å²) in [6.45, 7) is 6.42. The minimum Gasteiger partial charge on any atom is -0.0888 e. The van der Waals surface area contributed by atoms with Crippen LogP contribution in [0.1, 0.15) is 28.7 Å². The molecule has 0 aliphatic heterocycles. The van der Waals surface area contributed by atoms with Crippen molar-refractivity contribution >= 4 is 0 Å². The first-order valence-electron chi connectivity index (χ1n) is 4.62. The highest BCUT2D eigenvalue weighted by Gasteiger charge is 2.03. The van der Waals surface area contributed by atoms with E-state index in [9.17, 15) is 0 Å². The molecule has 1 aromatic carbocycles. The van der Waals surface area contributed by atoms with Crippen molar-refractivity contribution in [2.24, 2.45) is 0 Å². The standard InChI is InChI=1S/C13H15/c1-5-6-7-13-11(3)9-8-10(2)12(13)4/h8-9H,6-7H2,2-4H3. The quantitative estimate of drug-likeness (QED) is 0.600. The zero-order valence-corrected chi connectivity index (χ0v) is 8.57. The molecule has 0 heterocycles. The molecule has 0 aromatic heterocycles. The van der Waals surface area contributed by atoms with Gasteiger partial charge in [-0.15, -0.1) is 0 Å². The number of hydrogen-bond acceptors (Lipinski definition) is 0. The number of rotatable bonds is 2. The van der Waals surface area contributed by atoms with Gasteiger partial charge in [-0.2, -0.15) is 0 Å². The van der Waals surface area contributed by atoms with E-state index in [1.54, 1.807) is 0 Å². The van der Waals surface area contributed by atoms with Crippen molar-refractivity contribution in [1.82, 2.24) is 0 Å². The van der Waals surface area contributed by atoms with Crippen LogP contribution in [0.3, 0.4) is 0 Å². The molecule has 1 aromatic rings. The maximum absolute atomic E-state index is 6.90. The molecule has 1 rings (SSSR count). The van der Waals surface area contributed by atoms with Gasteiger partial charge >= 0.3 is 0 Å². The van der Waals surface area contributed by atoms with Gasteiger partial charge in [-0.05, 0) is 55.9 Å². The zero-order valence-electron chi connectivity index (χ0n) is 8.57. The first-order chi connectivity index (χ1) is 6.16. The topological polar surface area (TPSA) is 0 Å². The molecule has 0 saturated carbocycles. The van der Waals surface area contributed by atoms with Gasteiger partial charge in [0.25, 0.3) is 0 Å². The van der Waals surface area contributed by atoms with Gasteiger partial charge in [0, 0.05) is 6.42 Å². The van der Waals surface area contributed by atoms with E-state index >= 15 is 0 Å². The summed E-state index contributed by atoms with van der Waals surface area (Å²) in [5.74, 6) is 2.44. The van der Waals surface area contributed by atoms with E-state index in [0.717, 1.165) is 12.8 Å². The number of benzene rings is 1. The van der Waals surface area contributed by atoms with Crippen LogP contribution >= 0.6 is 0 Å². The summed E-state index contributed by atoms with van der Waals surface area (Å²) >= 11 is 0. The van der Waals surface area contributed by atoms with Crippen molar-refractivity contribution in [3.63, 3.8) is 0 Å². The van der Waals surface area contributed by atoms with Crippen molar-refractivity contribution in [3.05, 3.63) is 40.8 Å². The summed E-state index contributed by atoms with van der Waals surface area (Å²) in [4.78, 5) is 0. The normalized spacial score (nSPS) is 9.69. The van der Waals surface area contributed by atoms with Crippen molar-refractivity contribution in [2.45, 2.75) is 33.6 Å². The van der Waals surface area contributed by atoms with Crippen LogP contribution in [0, 0.1) is 33.1 Å². The number of aryl methyl sites for hydroxylation is 2. The minimum absolute atomic E-state index is 0.727. The molecule has 0 atom stereocenters. The molecular formula is C13H15. The fraction of sp³-hybridized carbons (Fsp3) is 0.385. The molecule has 0 nitrogen and oxygen atoms in total. The van der Waals surface area contributed by atoms with E-state index in [-0.39, 0.29) is 0 Å². The summed E-state index contributed by atoms with van der Waals surface area (Å²) in [5.41, 5.74) is 5.43. The molecule has 1 radical (unpaired) electrons. The van der Waals surface area contributed by atoms with Gasteiger partial charge in [0.2, 0.25) is 0 Å². The summed E-state index contributed by atoms with van der Waals surface area (Å²) in [6.07, 6.45) is 8.57. The van der Waals surface area contributed by atoms with Gasteiger partial charge in [-0.1, -0.05) is 18.1 Å². The highest BCUT2D eigenvalue weighted by atomic mass is 14.1. The molecule has 0 aliphatic rings. The lowest BCUT2D eigenvalue weighted by atomic mass is 9.95. The summed E-state index contributed by atoms with van der Waals surface area (Å²) in [5, 5.41) is 0. The minimum atomic E-state index is 0.727. The SMILES string of the molecule is [C]#CCCc1c(C)ccc(C)c1C. The Morgan fingerprint density at radius 3 is 2.38 bits per heavy atom. The second-order valence-electron chi connectivity index (χ2n) is 3.48. The predicted molar refractivity (Wildman–Crippen MR) is 56.1 cm³/mol. The predicted octanol–water partition coefficient (Wildman–Crippen LogP) is 3.13. The third kappa shape index (κ3) is 2.12. The lowest BCUT2D eigenvalue weighted by Crippen LogP contribution is -1.95. The third-order valence-electron chi connectivity index (χ3n) is 2.60. The molecule has 67 valence electrons. The molecule has 0 N–H and O–H groups in total. The van der Waals surface area contributed by atoms with Gasteiger partial charge in [-0.3, -0.25) is 0 Å². The Morgan fingerprint density at radius 2 is 1.77 bits per heavy atom. The van der Waals surface area contributed by atoms with Gasteiger partial charge < -0.3 is 0 Å². The maximum atomic E-state index is 6.90. The Labute approximate surface area is 81.0 Å². The van der Waals surface area contributed by atoms with E-state index in [1.807, 2.05) is 0 Å². The lowest BCUT2D eigenvalue weighted by molar-refractivity contribution is 0.987. The van der Waals surface area contributed by atoms with E-state index in [4.69, 9.17) is 6.42 Å². The Bertz CT molecular complexity index is 340. The molecule has 0 amide bonds. The second kappa shape index (κ2) is 4.14. The van der Waals surface area contributed by atoms with Crippen LogP contribution in [0.5, 0.6) is 0 Å². The van der Waals surface area contributed by atoms with E-state index in [2.05, 4.69) is 38.8 Å². The van der Waals surface area contributed by atoms with E-state index in [0.29, 0.717) is 0 Å². The van der Waals surface area contributed by atoms with Crippen LogP contribution in [-0.2, 0) is 6.42 Å². The van der Waals surface area contributed by atoms with Crippen molar-refractivity contribution in [1.29, 1.82) is 0 Å². The maximum Gasteiger partial charge on any atom is 0.0140 e. The van der Waals surface area contributed by atoms with Crippen molar-refractivity contribution in [2.75, 3.05) is 0 Å². The van der Waals surface area contributed by atoms with Gasteiger partial charge in [-0.25, -0.2) is 0 Å². The lowest BCUT2D eigenvalue weighted by Gasteiger charge is -2.10. The van der Waals surface area contributed by atoms with Crippen LogP contribution < -0.4 is 0 Å². The number of hydrogen-bond donors (Lipinski definition) is 0. The van der Waals surface area contributed by atoms with Crippen LogP contribution in [0.2, 0.25) is 0 Å². The zero-order chi connectivity index (χ0) is 9.84. The Hall–Kier alpha value is -1.22. The van der Waals surface area contributed by atoms with Crippen LogP contribution in [0.4, 0.5) is 0 Å².